The van der Waals surface area contributed by atoms with Crippen LogP contribution in [0.2, 0.25) is 0 Å². The summed E-state index contributed by atoms with van der Waals surface area (Å²) in [4.78, 5) is 2.06. The van der Waals surface area contributed by atoms with Gasteiger partial charge in [-0.25, -0.2) is 0 Å². The minimum absolute atomic E-state index is 0. The maximum atomic E-state index is 13.1. The molecule has 1 fully saturated rings. The van der Waals surface area contributed by atoms with Gasteiger partial charge in [0.15, 0.2) is 0 Å². The fraction of sp³-hybridized carbons (Fsp3) is 0.333. The average molecular weight is 471 g/mol. The highest BCUT2D eigenvalue weighted by Crippen LogP contribution is 2.32. The van der Waals surface area contributed by atoms with Crippen LogP contribution < -0.4 is 10.2 Å². The van der Waals surface area contributed by atoms with Gasteiger partial charge < -0.3 is 10.2 Å². The Labute approximate surface area is 193 Å². The van der Waals surface area contributed by atoms with Crippen molar-refractivity contribution >= 4 is 41.3 Å². The molecule has 168 valence electrons. The van der Waals surface area contributed by atoms with E-state index in [0.717, 1.165) is 25.5 Å². The van der Waals surface area contributed by atoms with E-state index < -0.39 is 11.7 Å². The molecule has 0 spiro atoms. The van der Waals surface area contributed by atoms with E-state index in [1.165, 1.54) is 28.5 Å². The molecule has 1 heterocycles. The number of hydrogen-bond acceptors (Lipinski definition) is 2. The lowest BCUT2D eigenvalue weighted by Gasteiger charge is -2.36. The summed E-state index contributed by atoms with van der Waals surface area (Å²) in [6.07, 6.45) is -2.34. The Balaban J connectivity index is 0.00000171. The number of nitrogens with one attached hydrogen (secondary N) is 1. The topological polar surface area (TPSA) is 15.3 Å². The second-order valence-corrected chi connectivity index (χ2v) is 7.79. The van der Waals surface area contributed by atoms with E-state index in [0.29, 0.717) is 12.2 Å². The third-order valence-electron chi connectivity index (χ3n) is 5.74. The zero-order valence-corrected chi connectivity index (χ0v) is 18.9. The number of piperidine rings is 1. The first-order valence-electron chi connectivity index (χ1n) is 10.1. The predicted octanol–water partition coefficient (Wildman–Crippen LogP) is 7.02. The van der Waals surface area contributed by atoms with Crippen LogP contribution in [-0.2, 0) is 6.18 Å². The van der Waals surface area contributed by atoms with Gasteiger partial charge in [-0.1, -0.05) is 48.5 Å². The van der Waals surface area contributed by atoms with Crippen LogP contribution in [0.15, 0.2) is 66.7 Å². The summed E-state index contributed by atoms with van der Waals surface area (Å²) < 4.78 is 39.2. The van der Waals surface area contributed by atoms with E-state index in [2.05, 4.69) is 53.5 Å². The molecule has 0 unspecified atom stereocenters. The number of hydrogen-bond donors (Lipinski definition) is 1. The van der Waals surface area contributed by atoms with Gasteiger partial charge >= 0.3 is 6.18 Å². The Morgan fingerprint density at radius 3 is 2.45 bits per heavy atom. The van der Waals surface area contributed by atoms with Crippen LogP contribution in [0, 0.1) is 0 Å². The molecular weight excluding hydrogens is 444 g/mol. The van der Waals surface area contributed by atoms with Crippen LogP contribution in [-0.4, -0.2) is 19.1 Å². The predicted molar refractivity (Wildman–Crippen MR) is 127 cm³/mol. The number of fused-ring (bicyclic) bond motifs is 1. The fourth-order valence-corrected chi connectivity index (χ4v) is 4.30. The zero-order chi connectivity index (χ0) is 20.4. The summed E-state index contributed by atoms with van der Waals surface area (Å²) in [5, 5.41) is 6.16. The number of nitrogens with zero attached hydrogens (tertiary/aromatic N) is 1. The standard InChI is InChI=1S/C24H25F3N2.2ClH/c1-17(22-13-4-8-18-7-2-3-12-23(18)22)28-20-10-6-14-29(16-20)21-11-5-9-19(15-21)24(25,26)27;;/h2-5,7-9,11-13,15,17,20,28H,6,10,14,16H2,1H3;2*1H/t17-,20-;;/m1../s1. The second-order valence-electron chi connectivity index (χ2n) is 7.79. The average Bonchev–Trinajstić information content (AvgIpc) is 2.73. The molecule has 7 heteroatoms. The number of halogens is 5. The lowest BCUT2D eigenvalue weighted by atomic mass is 9.97. The Bertz CT molecular complexity index is 988. The molecule has 0 bridgehead atoms. The lowest BCUT2D eigenvalue weighted by Crippen LogP contribution is -2.46. The van der Waals surface area contributed by atoms with Crippen molar-refractivity contribution in [1.82, 2.24) is 5.32 Å². The fourth-order valence-electron chi connectivity index (χ4n) is 4.30. The van der Waals surface area contributed by atoms with E-state index in [1.54, 1.807) is 6.07 Å². The van der Waals surface area contributed by atoms with E-state index in [-0.39, 0.29) is 36.9 Å². The lowest BCUT2D eigenvalue weighted by molar-refractivity contribution is -0.137. The highest BCUT2D eigenvalue weighted by molar-refractivity contribution is 5.86. The molecule has 0 saturated carbocycles. The molecular formula is C24H27Cl2F3N2. The Kier molecular flexibility index (Phi) is 8.64. The summed E-state index contributed by atoms with van der Waals surface area (Å²) >= 11 is 0. The summed E-state index contributed by atoms with van der Waals surface area (Å²) in [5.74, 6) is 0. The van der Waals surface area contributed by atoms with Gasteiger partial charge in [0.25, 0.3) is 0 Å². The Hall–Kier alpha value is -1.95. The number of benzene rings is 3. The zero-order valence-electron chi connectivity index (χ0n) is 17.2. The summed E-state index contributed by atoms with van der Waals surface area (Å²) in [7, 11) is 0. The van der Waals surface area contributed by atoms with Gasteiger partial charge in [0.2, 0.25) is 0 Å². The van der Waals surface area contributed by atoms with E-state index >= 15 is 0 Å². The normalized spacial score (nSPS) is 17.5. The van der Waals surface area contributed by atoms with Gasteiger partial charge in [0.1, 0.15) is 0 Å². The highest BCUT2D eigenvalue weighted by atomic mass is 35.5. The molecule has 4 rings (SSSR count). The SMILES string of the molecule is C[C@@H](N[C@@H]1CCCN(c2cccc(C(F)(F)F)c2)C1)c1cccc2ccccc12.Cl.Cl. The van der Waals surface area contributed by atoms with Crippen LogP contribution >= 0.6 is 24.8 Å². The first kappa shape index (κ1) is 25.3. The quantitative estimate of drug-likeness (QED) is 0.440. The molecule has 1 saturated heterocycles. The van der Waals surface area contributed by atoms with E-state index in [4.69, 9.17) is 0 Å². The van der Waals surface area contributed by atoms with Gasteiger partial charge in [0.05, 0.1) is 5.56 Å². The van der Waals surface area contributed by atoms with Crippen LogP contribution in [0.1, 0.15) is 36.9 Å². The van der Waals surface area contributed by atoms with Crippen molar-refractivity contribution in [1.29, 1.82) is 0 Å². The van der Waals surface area contributed by atoms with Crippen molar-refractivity contribution in [3.8, 4) is 0 Å². The Morgan fingerprint density at radius 1 is 0.968 bits per heavy atom. The van der Waals surface area contributed by atoms with Crippen molar-refractivity contribution < 1.29 is 13.2 Å². The van der Waals surface area contributed by atoms with Gasteiger partial charge in [-0.2, -0.15) is 13.2 Å². The maximum absolute atomic E-state index is 13.1. The van der Waals surface area contributed by atoms with Crippen LogP contribution in [0.3, 0.4) is 0 Å². The van der Waals surface area contributed by atoms with Crippen molar-refractivity contribution in [2.75, 3.05) is 18.0 Å². The summed E-state index contributed by atoms with van der Waals surface area (Å²) in [6, 6.07) is 20.7. The van der Waals surface area contributed by atoms with Crippen molar-refractivity contribution in [3.05, 3.63) is 77.9 Å². The Morgan fingerprint density at radius 2 is 1.68 bits per heavy atom. The molecule has 3 aromatic rings. The molecule has 1 aliphatic rings. The first-order valence-corrected chi connectivity index (χ1v) is 10.1. The maximum Gasteiger partial charge on any atom is 0.416 e. The molecule has 0 aromatic heterocycles. The third-order valence-corrected chi connectivity index (χ3v) is 5.74. The van der Waals surface area contributed by atoms with E-state index in [9.17, 15) is 13.2 Å². The molecule has 0 amide bonds. The van der Waals surface area contributed by atoms with Gasteiger partial charge in [-0.05, 0) is 54.3 Å². The molecule has 3 aromatic carbocycles. The van der Waals surface area contributed by atoms with Crippen molar-refractivity contribution in [3.63, 3.8) is 0 Å². The van der Waals surface area contributed by atoms with Crippen LogP contribution in [0.4, 0.5) is 18.9 Å². The minimum atomic E-state index is -4.31. The van der Waals surface area contributed by atoms with Gasteiger partial charge in [-0.3, -0.25) is 0 Å². The number of anilines is 1. The minimum Gasteiger partial charge on any atom is -0.370 e. The molecule has 0 aliphatic carbocycles. The van der Waals surface area contributed by atoms with Crippen LogP contribution in [0.5, 0.6) is 0 Å². The number of rotatable bonds is 4. The van der Waals surface area contributed by atoms with E-state index in [1.807, 2.05) is 6.07 Å². The van der Waals surface area contributed by atoms with Crippen LogP contribution in [0.25, 0.3) is 10.8 Å². The molecule has 2 nitrogen and oxygen atoms in total. The molecule has 1 aliphatic heterocycles. The molecule has 2 atom stereocenters. The molecule has 0 radical (unpaired) electrons. The van der Waals surface area contributed by atoms with Crippen molar-refractivity contribution in [2.24, 2.45) is 0 Å². The summed E-state index contributed by atoms with van der Waals surface area (Å²) in [6.45, 7) is 3.64. The first-order chi connectivity index (χ1) is 13.9. The molecule has 1 N–H and O–H groups in total. The second kappa shape index (κ2) is 10.6. The van der Waals surface area contributed by atoms with Gasteiger partial charge in [-0.15, -0.1) is 24.8 Å². The van der Waals surface area contributed by atoms with Gasteiger partial charge in [0, 0.05) is 30.9 Å². The third kappa shape index (κ3) is 5.85. The summed E-state index contributed by atoms with van der Waals surface area (Å²) in [5.41, 5.74) is 1.30. The molecule has 31 heavy (non-hydrogen) atoms. The monoisotopic (exact) mass is 470 g/mol. The number of alkyl halides is 3. The smallest absolute Gasteiger partial charge is 0.370 e. The van der Waals surface area contributed by atoms with Crippen molar-refractivity contribution in [2.45, 2.75) is 38.0 Å². The highest BCUT2D eigenvalue weighted by Gasteiger charge is 2.31. The largest absolute Gasteiger partial charge is 0.416 e.